The molecule has 7 heteroatoms. The first-order valence-electron chi connectivity index (χ1n) is 8.90. The monoisotopic (exact) mass is 379 g/mol. The van der Waals surface area contributed by atoms with Crippen molar-refractivity contribution in [3.63, 3.8) is 0 Å². The summed E-state index contributed by atoms with van der Waals surface area (Å²) in [6.07, 6.45) is 4.81. The Kier molecular flexibility index (Phi) is 8.28. The van der Waals surface area contributed by atoms with Crippen molar-refractivity contribution in [3.05, 3.63) is 28.6 Å². The molecule has 0 saturated heterocycles. The van der Waals surface area contributed by atoms with E-state index in [4.69, 9.17) is 14.2 Å². The first kappa shape index (κ1) is 22.5. The van der Waals surface area contributed by atoms with Gasteiger partial charge in [0.1, 0.15) is 11.3 Å². The Morgan fingerprint density at radius 1 is 1.04 bits per heavy atom. The summed E-state index contributed by atoms with van der Waals surface area (Å²) < 4.78 is 15.0. The van der Waals surface area contributed by atoms with E-state index in [1.54, 1.807) is 20.8 Å². The van der Waals surface area contributed by atoms with Gasteiger partial charge in [-0.1, -0.05) is 13.0 Å². The Labute approximate surface area is 160 Å². The third-order valence-electron chi connectivity index (χ3n) is 3.73. The molecular weight excluding hydrogens is 350 g/mol. The standard InChI is InChI=1S/C20H29NO6/c1-7-8-9-15-14(12-17(23)26-6)13(10-11-16(22)25-5)18(21-15)19(24)27-20(2,3)4/h8-9,21H,7,10-12H2,1-6H3/b9-8+. The van der Waals surface area contributed by atoms with Crippen molar-refractivity contribution in [1.29, 1.82) is 0 Å². The lowest BCUT2D eigenvalue weighted by atomic mass is 10.00. The minimum atomic E-state index is -0.677. The third-order valence-corrected chi connectivity index (χ3v) is 3.73. The van der Waals surface area contributed by atoms with Gasteiger partial charge in [-0.25, -0.2) is 4.79 Å². The number of methoxy groups -OCH3 is 2. The molecule has 0 atom stereocenters. The molecule has 0 amide bonds. The maximum Gasteiger partial charge on any atom is 0.355 e. The Bertz CT molecular complexity index is 709. The van der Waals surface area contributed by atoms with Crippen LogP contribution in [0.4, 0.5) is 0 Å². The van der Waals surface area contributed by atoms with Gasteiger partial charge in [0.2, 0.25) is 0 Å². The fourth-order valence-corrected chi connectivity index (χ4v) is 2.50. The molecule has 1 aromatic rings. The summed E-state index contributed by atoms with van der Waals surface area (Å²) in [6.45, 7) is 7.30. The van der Waals surface area contributed by atoms with Gasteiger partial charge in [0.25, 0.3) is 0 Å². The number of hydrogen-bond donors (Lipinski definition) is 1. The lowest BCUT2D eigenvalue weighted by Gasteiger charge is -2.19. The average Bonchev–Trinajstić information content (AvgIpc) is 2.93. The molecule has 1 heterocycles. The van der Waals surface area contributed by atoms with Gasteiger partial charge in [-0.2, -0.15) is 0 Å². The molecule has 1 N–H and O–H groups in total. The maximum atomic E-state index is 12.7. The van der Waals surface area contributed by atoms with Crippen molar-refractivity contribution in [3.8, 4) is 0 Å². The summed E-state index contributed by atoms with van der Waals surface area (Å²) in [4.78, 5) is 39.2. The van der Waals surface area contributed by atoms with Crippen molar-refractivity contribution in [1.82, 2.24) is 4.98 Å². The number of carbonyl (C=O) groups excluding carboxylic acids is 3. The van der Waals surface area contributed by atoms with Gasteiger partial charge < -0.3 is 19.2 Å². The third kappa shape index (κ3) is 6.92. The van der Waals surface area contributed by atoms with E-state index in [1.807, 2.05) is 19.1 Å². The molecule has 27 heavy (non-hydrogen) atoms. The van der Waals surface area contributed by atoms with E-state index in [1.165, 1.54) is 14.2 Å². The van der Waals surface area contributed by atoms with E-state index in [-0.39, 0.29) is 25.0 Å². The number of ether oxygens (including phenoxy) is 3. The summed E-state index contributed by atoms with van der Waals surface area (Å²) in [6, 6.07) is 0. The second kappa shape index (κ2) is 9.94. The number of allylic oxidation sites excluding steroid dienone is 1. The molecule has 150 valence electrons. The predicted octanol–water partition coefficient (Wildman–Crippen LogP) is 3.21. The van der Waals surface area contributed by atoms with Crippen LogP contribution < -0.4 is 0 Å². The number of hydrogen-bond acceptors (Lipinski definition) is 6. The average molecular weight is 379 g/mol. The van der Waals surface area contributed by atoms with Crippen molar-refractivity contribution in [2.75, 3.05) is 14.2 Å². The zero-order chi connectivity index (χ0) is 20.6. The smallest absolute Gasteiger partial charge is 0.355 e. The molecule has 0 aliphatic heterocycles. The van der Waals surface area contributed by atoms with Crippen LogP contribution in [0.2, 0.25) is 0 Å². The summed E-state index contributed by atoms with van der Waals surface area (Å²) in [5.74, 6) is -1.37. The normalized spacial score (nSPS) is 11.5. The number of aromatic amines is 1. The molecular formula is C20H29NO6. The van der Waals surface area contributed by atoms with E-state index >= 15 is 0 Å². The van der Waals surface area contributed by atoms with Crippen LogP contribution in [0.15, 0.2) is 6.08 Å². The summed E-state index contributed by atoms with van der Waals surface area (Å²) >= 11 is 0. The number of rotatable bonds is 8. The highest BCUT2D eigenvalue weighted by Crippen LogP contribution is 2.26. The van der Waals surface area contributed by atoms with Crippen LogP contribution in [0.25, 0.3) is 6.08 Å². The second-order valence-electron chi connectivity index (χ2n) is 7.01. The van der Waals surface area contributed by atoms with E-state index in [0.29, 0.717) is 16.8 Å². The van der Waals surface area contributed by atoms with Gasteiger partial charge in [-0.15, -0.1) is 0 Å². The van der Waals surface area contributed by atoms with Crippen LogP contribution in [-0.2, 0) is 36.6 Å². The molecule has 0 radical (unpaired) electrons. The quantitative estimate of drug-likeness (QED) is 0.550. The molecule has 0 aliphatic carbocycles. The molecule has 1 rings (SSSR count). The summed E-state index contributed by atoms with van der Waals surface area (Å²) in [5.41, 5.74) is 1.38. The SMILES string of the molecule is CC/C=C/c1[nH]c(C(=O)OC(C)(C)C)c(CCC(=O)OC)c1CC(=O)OC. The molecule has 0 bridgehead atoms. The van der Waals surface area contributed by atoms with E-state index in [9.17, 15) is 14.4 Å². The van der Waals surface area contributed by atoms with E-state index in [2.05, 4.69) is 4.98 Å². The lowest BCUT2D eigenvalue weighted by molar-refractivity contribution is -0.140. The minimum Gasteiger partial charge on any atom is -0.469 e. The van der Waals surface area contributed by atoms with Gasteiger partial charge in [0.05, 0.1) is 20.6 Å². The Morgan fingerprint density at radius 3 is 2.19 bits per heavy atom. The lowest BCUT2D eigenvalue weighted by Crippen LogP contribution is -2.25. The summed E-state index contributed by atoms with van der Waals surface area (Å²) in [7, 11) is 2.61. The fraction of sp³-hybridized carbons (Fsp3) is 0.550. The van der Waals surface area contributed by atoms with Crippen LogP contribution in [0.3, 0.4) is 0 Å². The zero-order valence-electron chi connectivity index (χ0n) is 16.9. The van der Waals surface area contributed by atoms with Crippen LogP contribution in [0.1, 0.15) is 67.8 Å². The number of aromatic nitrogens is 1. The first-order chi connectivity index (χ1) is 12.6. The molecule has 1 aromatic heterocycles. The van der Waals surface area contributed by atoms with E-state index in [0.717, 1.165) is 6.42 Å². The summed E-state index contributed by atoms with van der Waals surface area (Å²) in [5, 5.41) is 0. The number of esters is 3. The van der Waals surface area contributed by atoms with Crippen molar-refractivity contribution in [2.24, 2.45) is 0 Å². The van der Waals surface area contributed by atoms with E-state index < -0.39 is 23.5 Å². The fourth-order valence-electron chi connectivity index (χ4n) is 2.50. The van der Waals surface area contributed by atoms with Crippen LogP contribution >= 0.6 is 0 Å². The van der Waals surface area contributed by atoms with Crippen molar-refractivity contribution in [2.45, 2.75) is 59.0 Å². The number of nitrogens with one attached hydrogen (secondary N) is 1. The first-order valence-corrected chi connectivity index (χ1v) is 8.90. The number of H-pyrrole nitrogens is 1. The number of carbonyl (C=O) groups is 3. The molecule has 0 aromatic carbocycles. The van der Waals surface area contributed by atoms with Crippen LogP contribution in [-0.4, -0.2) is 42.7 Å². The Hall–Kier alpha value is -2.57. The highest BCUT2D eigenvalue weighted by atomic mass is 16.6. The minimum absolute atomic E-state index is 0.0182. The van der Waals surface area contributed by atoms with Gasteiger partial charge in [-0.05, 0) is 50.8 Å². The van der Waals surface area contributed by atoms with Gasteiger partial charge in [0.15, 0.2) is 0 Å². The van der Waals surface area contributed by atoms with Gasteiger partial charge >= 0.3 is 17.9 Å². The molecule has 0 saturated carbocycles. The predicted molar refractivity (Wildman–Crippen MR) is 101 cm³/mol. The van der Waals surface area contributed by atoms with Crippen molar-refractivity contribution >= 4 is 24.0 Å². The Balaban J connectivity index is 3.43. The largest absolute Gasteiger partial charge is 0.469 e. The highest BCUT2D eigenvalue weighted by molar-refractivity contribution is 5.92. The van der Waals surface area contributed by atoms with Gasteiger partial charge in [-0.3, -0.25) is 9.59 Å². The highest BCUT2D eigenvalue weighted by Gasteiger charge is 2.27. The molecule has 0 aliphatic rings. The molecule has 7 nitrogen and oxygen atoms in total. The van der Waals surface area contributed by atoms with Crippen LogP contribution in [0, 0.1) is 0 Å². The Morgan fingerprint density at radius 2 is 1.67 bits per heavy atom. The molecule has 0 fully saturated rings. The second-order valence-corrected chi connectivity index (χ2v) is 7.01. The van der Waals surface area contributed by atoms with Crippen LogP contribution in [0.5, 0.6) is 0 Å². The van der Waals surface area contributed by atoms with Gasteiger partial charge in [0, 0.05) is 12.1 Å². The zero-order valence-corrected chi connectivity index (χ0v) is 16.9. The van der Waals surface area contributed by atoms with Crippen molar-refractivity contribution < 1.29 is 28.6 Å². The molecule has 0 spiro atoms. The maximum absolute atomic E-state index is 12.7. The molecule has 0 unspecified atom stereocenters. The topological polar surface area (TPSA) is 94.7 Å².